The van der Waals surface area contributed by atoms with Crippen molar-refractivity contribution in [2.45, 2.75) is 19.4 Å². The van der Waals surface area contributed by atoms with E-state index in [1.54, 1.807) is 25.3 Å². The largest absolute Gasteiger partial charge is 0.494 e. The van der Waals surface area contributed by atoms with Gasteiger partial charge in [0.2, 0.25) is 5.91 Å². The van der Waals surface area contributed by atoms with Gasteiger partial charge in [0.15, 0.2) is 0 Å². The molecule has 0 spiro atoms. The number of amides is 1. The van der Waals surface area contributed by atoms with Crippen molar-refractivity contribution < 1.29 is 14.3 Å². The van der Waals surface area contributed by atoms with E-state index in [1.807, 2.05) is 6.92 Å². The van der Waals surface area contributed by atoms with Gasteiger partial charge < -0.3 is 20.5 Å². The summed E-state index contributed by atoms with van der Waals surface area (Å²) in [5, 5.41) is 2.85. The van der Waals surface area contributed by atoms with Crippen molar-refractivity contribution in [1.29, 1.82) is 0 Å². The van der Waals surface area contributed by atoms with Crippen LogP contribution in [0.15, 0.2) is 18.2 Å². The Morgan fingerprint density at radius 3 is 2.94 bits per heavy atom. The zero-order valence-corrected chi connectivity index (χ0v) is 10.6. The molecule has 5 nitrogen and oxygen atoms in total. The number of methoxy groups -OCH3 is 1. The van der Waals surface area contributed by atoms with Gasteiger partial charge in [0.1, 0.15) is 5.75 Å². The van der Waals surface area contributed by atoms with Crippen LogP contribution in [0.4, 0.5) is 11.4 Å². The fraction of sp³-hybridized carbons (Fsp3) is 0.462. The number of carbonyl (C=O) groups is 1. The third-order valence-electron chi connectivity index (χ3n) is 3.05. The van der Waals surface area contributed by atoms with Gasteiger partial charge in [0, 0.05) is 11.8 Å². The van der Waals surface area contributed by atoms with E-state index in [4.69, 9.17) is 15.2 Å². The molecule has 18 heavy (non-hydrogen) atoms. The standard InChI is InChI=1S/C13H18N2O3/c1-8-5-9(7-18-8)13(16)15-11-4-3-10(14)6-12(11)17-2/h3-4,6,8-9H,5,7,14H2,1-2H3,(H,15,16). The van der Waals surface area contributed by atoms with Crippen LogP contribution in [0.5, 0.6) is 5.75 Å². The molecule has 1 aliphatic heterocycles. The van der Waals surface area contributed by atoms with E-state index < -0.39 is 0 Å². The Balaban J connectivity index is 2.07. The number of nitrogens with one attached hydrogen (secondary N) is 1. The Kier molecular flexibility index (Phi) is 3.72. The van der Waals surface area contributed by atoms with Gasteiger partial charge >= 0.3 is 0 Å². The van der Waals surface area contributed by atoms with Crippen LogP contribution in [0.25, 0.3) is 0 Å². The molecule has 0 aromatic heterocycles. The Morgan fingerprint density at radius 1 is 1.56 bits per heavy atom. The van der Waals surface area contributed by atoms with Crippen LogP contribution in [-0.2, 0) is 9.53 Å². The molecule has 1 aromatic rings. The Morgan fingerprint density at radius 2 is 2.33 bits per heavy atom. The number of anilines is 2. The van der Waals surface area contributed by atoms with Crippen LogP contribution in [0.3, 0.4) is 0 Å². The van der Waals surface area contributed by atoms with Crippen LogP contribution < -0.4 is 15.8 Å². The molecule has 1 aliphatic rings. The van der Waals surface area contributed by atoms with Crippen LogP contribution in [-0.4, -0.2) is 25.7 Å². The van der Waals surface area contributed by atoms with Crippen molar-refractivity contribution in [1.82, 2.24) is 0 Å². The Hall–Kier alpha value is -1.75. The van der Waals surface area contributed by atoms with Crippen LogP contribution >= 0.6 is 0 Å². The summed E-state index contributed by atoms with van der Waals surface area (Å²) >= 11 is 0. The van der Waals surface area contributed by atoms with E-state index in [0.717, 1.165) is 6.42 Å². The van der Waals surface area contributed by atoms with Gasteiger partial charge in [-0.05, 0) is 25.5 Å². The van der Waals surface area contributed by atoms with E-state index in [9.17, 15) is 4.79 Å². The zero-order valence-electron chi connectivity index (χ0n) is 10.6. The number of carbonyl (C=O) groups excluding carboxylic acids is 1. The van der Waals surface area contributed by atoms with E-state index in [-0.39, 0.29) is 17.9 Å². The molecule has 1 saturated heterocycles. The van der Waals surface area contributed by atoms with E-state index in [0.29, 0.717) is 23.7 Å². The highest BCUT2D eigenvalue weighted by atomic mass is 16.5. The van der Waals surface area contributed by atoms with Gasteiger partial charge in [-0.1, -0.05) is 0 Å². The van der Waals surface area contributed by atoms with Crippen molar-refractivity contribution in [3.63, 3.8) is 0 Å². The topological polar surface area (TPSA) is 73.6 Å². The number of nitrogens with two attached hydrogens (primary N) is 1. The highest BCUT2D eigenvalue weighted by Crippen LogP contribution is 2.28. The maximum atomic E-state index is 12.0. The van der Waals surface area contributed by atoms with Crippen molar-refractivity contribution in [2.24, 2.45) is 5.92 Å². The number of benzene rings is 1. The van der Waals surface area contributed by atoms with Gasteiger partial charge in [-0.25, -0.2) is 0 Å². The average Bonchev–Trinajstić information content (AvgIpc) is 2.78. The molecule has 2 unspecified atom stereocenters. The minimum atomic E-state index is -0.0951. The molecule has 2 rings (SSSR count). The van der Waals surface area contributed by atoms with E-state index in [1.165, 1.54) is 0 Å². The fourth-order valence-corrected chi connectivity index (χ4v) is 2.05. The highest BCUT2D eigenvalue weighted by Gasteiger charge is 2.28. The maximum Gasteiger partial charge on any atom is 0.230 e. The lowest BCUT2D eigenvalue weighted by atomic mass is 10.1. The molecule has 0 aliphatic carbocycles. The predicted molar refractivity (Wildman–Crippen MR) is 69.6 cm³/mol. The Labute approximate surface area is 106 Å². The number of rotatable bonds is 3. The molecule has 1 heterocycles. The summed E-state index contributed by atoms with van der Waals surface area (Å²) in [4.78, 5) is 12.0. The molecule has 1 fully saturated rings. The summed E-state index contributed by atoms with van der Waals surface area (Å²) in [6, 6.07) is 5.15. The highest BCUT2D eigenvalue weighted by molar-refractivity contribution is 5.94. The summed E-state index contributed by atoms with van der Waals surface area (Å²) in [7, 11) is 1.55. The van der Waals surface area contributed by atoms with E-state index in [2.05, 4.69) is 5.32 Å². The molecule has 0 bridgehead atoms. The van der Waals surface area contributed by atoms with Crippen LogP contribution in [0, 0.1) is 5.92 Å². The third kappa shape index (κ3) is 2.73. The second-order valence-electron chi connectivity index (χ2n) is 4.53. The van der Waals surface area contributed by atoms with Crippen molar-refractivity contribution in [3.8, 4) is 5.75 Å². The first kappa shape index (κ1) is 12.7. The normalized spacial score (nSPS) is 22.8. The number of hydrogen-bond acceptors (Lipinski definition) is 4. The summed E-state index contributed by atoms with van der Waals surface area (Å²) in [6.45, 7) is 2.45. The van der Waals surface area contributed by atoms with Gasteiger partial charge in [-0.2, -0.15) is 0 Å². The lowest BCUT2D eigenvalue weighted by molar-refractivity contribution is -0.119. The second-order valence-corrected chi connectivity index (χ2v) is 4.53. The molecule has 98 valence electrons. The fourth-order valence-electron chi connectivity index (χ4n) is 2.05. The predicted octanol–water partition coefficient (Wildman–Crippen LogP) is 1.64. The summed E-state index contributed by atoms with van der Waals surface area (Å²) in [5.41, 5.74) is 6.90. The average molecular weight is 250 g/mol. The monoisotopic (exact) mass is 250 g/mol. The molecule has 2 atom stereocenters. The molecule has 5 heteroatoms. The smallest absolute Gasteiger partial charge is 0.230 e. The SMILES string of the molecule is COc1cc(N)ccc1NC(=O)C1COC(C)C1. The van der Waals surface area contributed by atoms with Gasteiger partial charge in [0.05, 0.1) is 31.4 Å². The molecular formula is C13H18N2O3. The molecule has 0 radical (unpaired) electrons. The van der Waals surface area contributed by atoms with Gasteiger partial charge in [-0.15, -0.1) is 0 Å². The minimum Gasteiger partial charge on any atom is -0.494 e. The minimum absolute atomic E-state index is 0.0394. The first-order chi connectivity index (χ1) is 8.60. The molecule has 0 saturated carbocycles. The number of ether oxygens (including phenoxy) is 2. The zero-order chi connectivity index (χ0) is 13.1. The quantitative estimate of drug-likeness (QED) is 0.800. The van der Waals surface area contributed by atoms with Crippen molar-refractivity contribution in [3.05, 3.63) is 18.2 Å². The van der Waals surface area contributed by atoms with Crippen molar-refractivity contribution in [2.75, 3.05) is 24.8 Å². The molecule has 1 aromatic carbocycles. The maximum absolute atomic E-state index is 12.0. The summed E-state index contributed by atoms with van der Waals surface area (Å²) in [6.07, 6.45) is 0.900. The first-order valence-electron chi connectivity index (χ1n) is 5.96. The molecule has 3 N–H and O–H groups in total. The summed E-state index contributed by atoms with van der Waals surface area (Å²) < 4.78 is 10.6. The van der Waals surface area contributed by atoms with Crippen LogP contribution in [0.1, 0.15) is 13.3 Å². The van der Waals surface area contributed by atoms with Crippen LogP contribution in [0.2, 0.25) is 0 Å². The molecule has 1 amide bonds. The third-order valence-corrected chi connectivity index (χ3v) is 3.05. The van der Waals surface area contributed by atoms with Gasteiger partial charge in [0.25, 0.3) is 0 Å². The number of nitrogen functional groups attached to an aromatic ring is 1. The lowest BCUT2D eigenvalue weighted by Crippen LogP contribution is -2.23. The Bertz CT molecular complexity index is 448. The lowest BCUT2D eigenvalue weighted by Gasteiger charge is -2.13. The van der Waals surface area contributed by atoms with Gasteiger partial charge in [-0.3, -0.25) is 4.79 Å². The van der Waals surface area contributed by atoms with Crippen molar-refractivity contribution >= 4 is 17.3 Å². The first-order valence-corrected chi connectivity index (χ1v) is 5.96. The molecular weight excluding hydrogens is 232 g/mol. The summed E-state index contributed by atoms with van der Waals surface area (Å²) in [5.74, 6) is 0.431. The number of hydrogen-bond donors (Lipinski definition) is 2. The van der Waals surface area contributed by atoms with E-state index >= 15 is 0 Å². The second kappa shape index (κ2) is 5.27.